The first-order chi connectivity index (χ1) is 11.3. The Labute approximate surface area is 141 Å². The molecular weight excluding hydrogens is 332 g/mol. The molecule has 0 bridgehead atoms. The maximum absolute atomic E-state index is 11.4. The summed E-state index contributed by atoms with van der Waals surface area (Å²) < 4.78 is 34.1. The molecule has 0 radical (unpaired) electrons. The van der Waals surface area contributed by atoms with Gasteiger partial charge in [0, 0.05) is 12.3 Å². The van der Waals surface area contributed by atoms with E-state index in [0.29, 0.717) is 11.5 Å². The van der Waals surface area contributed by atoms with E-state index in [-0.39, 0.29) is 17.5 Å². The molecule has 0 aromatic heterocycles. The van der Waals surface area contributed by atoms with E-state index in [1.165, 1.54) is 18.4 Å². The average Bonchev–Trinajstić information content (AvgIpc) is 2.47. The van der Waals surface area contributed by atoms with Crippen LogP contribution in [0.2, 0.25) is 0 Å². The van der Waals surface area contributed by atoms with Gasteiger partial charge in [0.2, 0.25) is 0 Å². The second-order valence-corrected chi connectivity index (χ2v) is 7.11. The molecule has 130 valence electrons. The summed E-state index contributed by atoms with van der Waals surface area (Å²) in [6.07, 6.45) is 1.27. The number of hydrogen-bond donors (Lipinski definition) is 1. The van der Waals surface area contributed by atoms with E-state index >= 15 is 0 Å². The number of sulfone groups is 1. The van der Waals surface area contributed by atoms with Crippen LogP contribution in [0.3, 0.4) is 0 Å². The Morgan fingerprint density at radius 2 is 1.54 bits per heavy atom. The quantitative estimate of drug-likeness (QED) is 0.830. The number of carboxylic acid groups (broad SMARTS) is 1. The van der Waals surface area contributed by atoms with Crippen LogP contribution in [0.25, 0.3) is 0 Å². The summed E-state index contributed by atoms with van der Waals surface area (Å²) >= 11 is 0. The van der Waals surface area contributed by atoms with Crippen molar-refractivity contribution in [3.8, 4) is 17.2 Å². The minimum absolute atomic E-state index is 0.0919. The molecule has 24 heavy (non-hydrogen) atoms. The molecule has 6 nitrogen and oxygen atoms in total. The van der Waals surface area contributed by atoms with Crippen LogP contribution in [-0.4, -0.2) is 32.4 Å². The van der Waals surface area contributed by atoms with Crippen LogP contribution in [0.4, 0.5) is 0 Å². The maximum Gasteiger partial charge on any atom is 0.290 e. The summed E-state index contributed by atoms with van der Waals surface area (Å²) in [7, 11) is -3.19. The molecule has 0 aliphatic rings. The third-order valence-corrected chi connectivity index (χ3v) is 3.79. The summed E-state index contributed by atoms with van der Waals surface area (Å²) in [5.74, 6) is 1.94. The van der Waals surface area contributed by atoms with Crippen molar-refractivity contribution in [3.05, 3.63) is 48.5 Å². The van der Waals surface area contributed by atoms with Gasteiger partial charge in [0.05, 0.1) is 11.0 Å². The van der Waals surface area contributed by atoms with E-state index in [2.05, 4.69) is 0 Å². The number of carbonyl (C=O) groups is 1. The molecule has 7 heteroatoms. The van der Waals surface area contributed by atoms with E-state index in [4.69, 9.17) is 19.4 Å². The molecule has 2 aromatic rings. The van der Waals surface area contributed by atoms with Crippen LogP contribution in [0.5, 0.6) is 17.2 Å². The Hall–Kier alpha value is -2.54. The smallest absolute Gasteiger partial charge is 0.290 e. The van der Waals surface area contributed by atoms with Gasteiger partial charge in [-0.05, 0) is 50.2 Å². The summed E-state index contributed by atoms with van der Waals surface area (Å²) in [6, 6.07) is 13.6. The highest BCUT2D eigenvalue weighted by molar-refractivity contribution is 7.90. The van der Waals surface area contributed by atoms with Gasteiger partial charge in [-0.25, -0.2) is 8.42 Å². The lowest BCUT2D eigenvalue weighted by molar-refractivity contribution is -0.122. The topological polar surface area (TPSA) is 89.9 Å². The zero-order chi connectivity index (χ0) is 18.2. The van der Waals surface area contributed by atoms with Crippen LogP contribution in [0, 0.1) is 0 Å². The van der Waals surface area contributed by atoms with Crippen molar-refractivity contribution in [3.63, 3.8) is 0 Å². The highest BCUT2D eigenvalue weighted by atomic mass is 32.2. The van der Waals surface area contributed by atoms with E-state index in [1.54, 1.807) is 18.2 Å². The zero-order valence-corrected chi connectivity index (χ0v) is 14.5. The van der Waals surface area contributed by atoms with Crippen molar-refractivity contribution >= 4 is 16.3 Å². The van der Waals surface area contributed by atoms with E-state index < -0.39 is 9.84 Å². The zero-order valence-electron chi connectivity index (χ0n) is 13.7. The van der Waals surface area contributed by atoms with Gasteiger partial charge in [0.1, 0.15) is 17.2 Å². The molecule has 0 saturated heterocycles. The van der Waals surface area contributed by atoms with E-state index in [9.17, 15) is 8.42 Å². The van der Waals surface area contributed by atoms with Crippen molar-refractivity contribution in [2.45, 2.75) is 24.8 Å². The van der Waals surface area contributed by atoms with Gasteiger partial charge in [-0.1, -0.05) is 6.07 Å². The molecule has 0 atom stereocenters. The van der Waals surface area contributed by atoms with Gasteiger partial charge in [-0.15, -0.1) is 0 Å². The fourth-order valence-corrected chi connectivity index (χ4v) is 2.40. The predicted molar refractivity (Wildman–Crippen MR) is 90.5 cm³/mol. The Bertz CT molecular complexity index is 751. The molecule has 0 saturated carbocycles. The van der Waals surface area contributed by atoms with Gasteiger partial charge in [0.25, 0.3) is 6.47 Å². The molecule has 0 aliphatic carbocycles. The SMILES string of the molecule is CC(C)Oc1cccc(Oc2ccc(S(C)(=O)=O)cc2)c1.O=CO. The second kappa shape index (κ2) is 8.93. The average molecular weight is 352 g/mol. The molecule has 2 aromatic carbocycles. The Kier molecular flexibility index (Phi) is 7.26. The van der Waals surface area contributed by atoms with Crippen molar-refractivity contribution in [2.75, 3.05) is 6.26 Å². The van der Waals surface area contributed by atoms with E-state index in [0.717, 1.165) is 5.75 Å². The first-order valence-electron chi connectivity index (χ1n) is 7.09. The van der Waals surface area contributed by atoms with Crippen molar-refractivity contribution in [1.29, 1.82) is 0 Å². The lowest BCUT2D eigenvalue weighted by atomic mass is 10.3. The molecule has 0 unspecified atom stereocenters. The van der Waals surface area contributed by atoms with Crippen LogP contribution >= 0.6 is 0 Å². The van der Waals surface area contributed by atoms with Crippen LogP contribution in [-0.2, 0) is 14.6 Å². The summed E-state index contributed by atoms with van der Waals surface area (Å²) in [5.41, 5.74) is 0. The number of hydrogen-bond acceptors (Lipinski definition) is 5. The third kappa shape index (κ3) is 6.70. The maximum atomic E-state index is 11.4. The van der Waals surface area contributed by atoms with Gasteiger partial charge in [0.15, 0.2) is 9.84 Å². The first kappa shape index (κ1) is 19.5. The minimum Gasteiger partial charge on any atom is -0.491 e. The van der Waals surface area contributed by atoms with Crippen molar-refractivity contribution in [1.82, 2.24) is 0 Å². The molecule has 0 amide bonds. The lowest BCUT2D eigenvalue weighted by Gasteiger charge is -2.11. The second-order valence-electron chi connectivity index (χ2n) is 5.09. The van der Waals surface area contributed by atoms with E-state index in [1.807, 2.05) is 32.0 Å². The number of rotatable bonds is 5. The van der Waals surface area contributed by atoms with Crippen LogP contribution in [0.1, 0.15) is 13.8 Å². The monoisotopic (exact) mass is 352 g/mol. The predicted octanol–water partition coefficient (Wildman–Crippen LogP) is 3.37. The molecule has 1 N–H and O–H groups in total. The molecule has 0 spiro atoms. The largest absolute Gasteiger partial charge is 0.491 e. The molecular formula is C17H20O6S. The highest BCUT2D eigenvalue weighted by Gasteiger charge is 2.07. The normalized spacial score (nSPS) is 10.5. The Morgan fingerprint density at radius 3 is 2.04 bits per heavy atom. The van der Waals surface area contributed by atoms with Gasteiger partial charge >= 0.3 is 0 Å². The van der Waals surface area contributed by atoms with Gasteiger partial charge in [-0.2, -0.15) is 0 Å². The minimum atomic E-state index is -3.19. The van der Waals surface area contributed by atoms with Gasteiger partial charge < -0.3 is 14.6 Å². The first-order valence-corrected chi connectivity index (χ1v) is 8.98. The fraction of sp³-hybridized carbons (Fsp3) is 0.235. The lowest BCUT2D eigenvalue weighted by Crippen LogP contribution is -2.05. The third-order valence-electron chi connectivity index (χ3n) is 2.66. The molecule has 2 rings (SSSR count). The fourth-order valence-electron chi connectivity index (χ4n) is 1.77. The summed E-state index contributed by atoms with van der Waals surface area (Å²) in [5, 5.41) is 6.89. The molecule has 0 fully saturated rings. The number of ether oxygens (including phenoxy) is 2. The summed E-state index contributed by atoms with van der Waals surface area (Å²) in [4.78, 5) is 8.63. The van der Waals surface area contributed by atoms with Crippen LogP contribution in [0.15, 0.2) is 53.4 Å². The van der Waals surface area contributed by atoms with Crippen molar-refractivity contribution < 1.29 is 27.8 Å². The van der Waals surface area contributed by atoms with Crippen LogP contribution < -0.4 is 9.47 Å². The summed E-state index contributed by atoms with van der Waals surface area (Å²) in [6.45, 7) is 3.66. The standard InChI is InChI=1S/C16H18O4S.CH2O2/c1-12(2)19-14-5-4-6-15(11-14)20-13-7-9-16(10-8-13)21(3,17)18;2-1-3/h4-12H,1-3H3;1H,(H,2,3). The number of benzene rings is 2. The van der Waals surface area contributed by atoms with Crippen molar-refractivity contribution in [2.24, 2.45) is 0 Å². The molecule has 0 heterocycles. The Morgan fingerprint density at radius 1 is 1.00 bits per heavy atom. The molecule has 0 aliphatic heterocycles. The van der Waals surface area contributed by atoms with Gasteiger partial charge in [-0.3, -0.25) is 4.79 Å². The highest BCUT2D eigenvalue weighted by Crippen LogP contribution is 2.26. The Balaban J connectivity index is 0.000000891.